The minimum Gasteiger partial charge on any atom is -0.484 e. The maximum atomic E-state index is 12.9. The first-order valence-electron chi connectivity index (χ1n) is 10.5. The van der Waals surface area contributed by atoms with Crippen molar-refractivity contribution in [3.63, 3.8) is 0 Å². The number of aliphatic imine (C=N–C) groups is 1. The van der Waals surface area contributed by atoms with Crippen LogP contribution in [0.4, 0.5) is 17.6 Å². The van der Waals surface area contributed by atoms with Gasteiger partial charge in [-0.25, -0.2) is 24.7 Å². The molecule has 2 aliphatic rings. The summed E-state index contributed by atoms with van der Waals surface area (Å²) in [6, 6.07) is 6.32. The van der Waals surface area contributed by atoms with E-state index in [9.17, 15) is 17.6 Å². The Bertz CT molecular complexity index is 956. The van der Waals surface area contributed by atoms with Crippen LogP contribution >= 0.6 is 0 Å². The summed E-state index contributed by atoms with van der Waals surface area (Å²) in [7, 11) is 2.04. The predicted molar refractivity (Wildman–Crippen MR) is 110 cm³/mol. The Morgan fingerprint density at radius 3 is 2.55 bits per heavy atom. The van der Waals surface area contributed by atoms with Crippen molar-refractivity contribution in [3.05, 3.63) is 47.7 Å². The maximum absolute atomic E-state index is 12.9. The van der Waals surface area contributed by atoms with Gasteiger partial charge in [-0.05, 0) is 24.7 Å². The number of rotatable bonds is 7. The number of guanidine groups is 1. The van der Waals surface area contributed by atoms with Crippen molar-refractivity contribution in [2.45, 2.75) is 44.5 Å². The van der Waals surface area contributed by atoms with Gasteiger partial charge in [0.1, 0.15) is 12.0 Å². The molecule has 0 saturated carbocycles. The molecule has 1 saturated heterocycles. The molecule has 0 bridgehead atoms. The third kappa shape index (κ3) is 6.14. The zero-order chi connectivity index (χ0) is 23.5. The highest BCUT2D eigenvalue weighted by atomic mass is 19.4. The Labute approximate surface area is 188 Å². The molecule has 8 nitrogen and oxygen atoms in total. The Morgan fingerprint density at radius 1 is 1.18 bits per heavy atom. The van der Waals surface area contributed by atoms with Gasteiger partial charge in [0.2, 0.25) is 11.9 Å². The van der Waals surface area contributed by atoms with Crippen LogP contribution in [0.15, 0.2) is 39.9 Å². The number of likely N-dealkylation sites (tertiary alicyclic amines) is 1. The number of alkyl halides is 4. The first-order chi connectivity index (χ1) is 15.7. The van der Waals surface area contributed by atoms with Crippen LogP contribution in [-0.2, 0) is 24.6 Å². The average Bonchev–Trinajstić information content (AvgIpc) is 3.42. The Kier molecular flexibility index (Phi) is 6.75. The molecule has 3 heterocycles. The molecule has 0 atom stereocenters. The first-order valence-corrected chi connectivity index (χ1v) is 10.5. The fourth-order valence-corrected chi connectivity index (χ4v) is 3.66. The summed E-state index contributed by atoms with van der Waals surface area (Å²) < 4.78 is 59.8. The van der Waals surface area contributed by atoms with Gasteiger partial charge in [-0.15, -0.1) is 0 Å². The lowest BCUT2D eigenvalue weighted by Gasteiger charge is -2.33. The molecular formula is C21H25F4N5O3. The second-order valence-electron chi connectivity index (χ2n) is 8.16. The van der Waals surface area contributed by atoms with Crippen LogP contribution < -0.4 is 10.2 Å². The number of hydrogen-bond acceptors (Lipinski definition) is 8. The van der Waals surface area contributed by atoms with Crippen LogP contribution in [0, 0.1) is 0 Å². The molecule has 0 unspecified atom stereocenters. The largest absolute Gasteiger partial charge is 0.484 e. The van der Waals surface area contributed by atoms with Gasteiger partial charge in [-0.2, -0.15) is 13.2 Å². The summed E-state index contributed by atoms with van der Waals surface area (Å²) in [5.74, 6) is 0.610. The first kappa shape index (κ1) is 23.3. The molecule has 1 N–H and O–H groups in total. The summed E-state index contributed by atoms with van der Waals surface area (Å²) in [5.41, 5.74) is 3.59. The summed E-state index contributed by atoms with van der Waals surface area (Å²) in [5, 5.41) is 0. The van der Waals surface area contributed by atoms with Crippen molar-refractivity contribution in [3.8, 4) is 5.75 Å². The molecule has 0 amide bonds. The highest BCUT2D eigenvalue weighted by Gasteiger charge is 2.40. The molecule has 180 valence electrons. The monoisotopic (exact) mass is 471 g/mol. The van der Waals surface area contributed by atoms with E-state index < -0.39 is 25.2 Å². The van der Waals surface area contributed by atoms with Gasteiger partial charge >= 0.3 is 6.18 Å². The van der Waals surface area contributed by atoms with Crippen LogP contribution in [-0.4, -0.2) is 59.4 Å². The van der Waals surface area contributed by atoms with E-state index in [0.717, 1.165) is 31.5 Å². The zero-order valence-electron chi connectivity index (χ0n) is 18.1. The van der Waals surface area contributed by atoms with Gasteiger partial charge < -0.3 is 19.0 Å². The van der Waals surface area contributed by atoms with E-state index in [1.807, 2.05) is 11.9 Å². The number of nitrogens with one attached hydrogen (secondary N) is 1. The molecule has 1 fully saturated rings. The van der Waals surface area contributed by atoms with Gasteiger partial charge in [0, 0.05) is 32.5 Å². The molecule has 0 radical (unpaired) electrons. The van der Waals surface area contributed by atoms with Gasteiger partial charge in [-0.3, -0.25) is 0 Å². The van der Waals surface area contributed by atoms with Crippen LogP contribution in [0.25, 0.3) is 0 Å². The summed E-state index contributed by atoms with van der Waals surface area (Å²) >= 11 is 0. The van der Waals surface area contributed by atoms with Crippen molar-refractivity contribution in [2.24, 2.45) is 4.99 Å². The second-order valence-corrected chi connectivity index (χ2v) is 8.16. The molecule has 4 rings (SSSR count). The Morgan fingerprint density at radius 2 is 1.91 bits per heavy atom. The van der Waals surface area contributed by atoms with Gasteiger partial charge in [0.25, 0.3) is 0 Å². The number of piperidine rings is 1. The number of aromatic nitrogens is 1. The molecule has 33 heavy (non-hydrogen) atoms. The van der Waals surface area contributed by atoms with Crippen molar-refractivity contribution in [2.75, 3.05) is 26.7 Å². The van der Waals surface area contributed by atoms with Crippen LogP contribution in [0.5, 0.6) is 5.75 Å². The number of halogens is 4. The molecule has 1 aromatic heterocycles. The highest BCUT2D eigenvalue weighted by Crippen LogP contribution is 2.30. The predicted octanol–water partition coefficient (Wildman–Crippen LogP) is 3.40. The highest BCUT2D eigenvalue weighted by molar-refractivity contribution is 5.80. The average molecular weight is 471 g/mol. The fourth-order valence-electron chi connectivity index (χ4n) is 3.66. The molecule has 1 spiro atoms. The molecular weight excluding hydrogens is 446 g/mol. The second kappa shape index (κ2) is 9.56. The number of nitrogens with zero attached hydrogens (tertiary/aromatic N) is 4. The lowest BCUT2D eigenvalue weighted by Crippen LogP contribution is -2.43. The van der Waals surface area contributed by atoms with Gasteiger partial charge in [0.15, 0.2) is 19.0 Å². The molecule has 2 aliphatic heterocycles. The van der Waals surface area contributed by atoms with Gasteiger partial charge in [-0.1, -0.05) is 12.1 Å². The fraction of sp³-hybridized carbons (Fsp3) is 0.524. The van der Waals surface area contributed by atoms with Crippen molar-refractivity contribution >= 4 is 5.96 Å². The van der Waals surface area contributed by atoms with Crippen molar-refractivity contribution in [1.82, 2.24) is 20.3 Å². The van der Waals surface area contributed by atoms with E-state index >= 15 is 0 Å². The number of hydroxylamine groups is 1. The van der Waals surface area contributed by atoms with E-state index in [4.69, 9.17) is 19.0 Å². The standard InChI is InChI=1S/C21H25F4N5O3/c1-29-8-6-20(7-9-29)27-19(28-33-20)30(12-16-13-31-18(10-22)26-16)11-15-2-4-17(5-3-15)32-14-21(23,24)25/h2-5,13H,6-12,14H2,1H3,(H,27,28). The maximum Gasteiger partial charge on any atom is 0.422 e. The van der Waals surface area contributed by atoms with Crippen LogP contribution in [0.1, 0.15) is 30.0 Å². The number of oxazole rings is 1. The zero-order valence-corrected chi connectivity index (χ0v) is 18.1. The SMILES string of the molecule is CN1CCC2(CC1)N=C(N(Cc1ccc(OCC(F)(F)F)cc1)Cc1coc(CF)n1)NO2. The van der Waals surface area contributed by atoms with E-state index in [0.29, 0.717) is 18.2 Å². The lowest BCUT2D eigenvalue weighted by molar-refractivity contribution is -0.153. The normalized spacial score (nSPS) is 18.3. The third-order valence-corrected chi connectivity index (χ3v) is 5.48. The van der Waals surface area contributed by atoms with E-state index in [2.05, 4.69) is 15.4 Å². The topological polar surface area (TPSA) is 75.4 Å². The third-order valence-electron chi connectivity index (χ3n) is 5.48. The number of hydrogen-bond donors (Lipinski definition) is 1. The minimum atomic E-state index is -4.40. The molecule has 1 aromatic carbocycles. The molecule has 0 aliphatic carbocycles. The lowest BCUT2D eigenvalue weighted by atomic mass is 10.0. The van der Waals surface area contributed by atoms with E-state index in [1.165, 1.54) is 18.4 Å². The summed E-state index contributed by atoms with van der Waals surface area (Å²) in [6.07, 6.45) is -1.55. The number of ether oxygens (including phenoxy) is 1. The Balaban J connectivity index is 1.49. The van der Waals surface area contributed by atoms with Crippen molar-refractivity contribution < 1.29 is 31.6 Å². The summed E-state index contributed by atoms with van der Waals surface area (Å²) in [4.78, 5) is 18.8. The Hall–Kier alpha value is -2.86. The summed E-state index contributed by atoms with van der Waals surface area (Å²) in [6.45, 7) is 0.154. The van der Waals surface area contributed by atoms with E-state index in [-0.39, 0.29) is 18.2 Å². The quantitative estimate of drug-likeness (QED) is 0.621. The van der Waals surface area contributed by atoms with Gasteiger partial charge in [0.05, 0.1) is 12.2 Å². The van der Waals surface area contributed by atoms with Crippen molar-refractivity contribution in [1.29, 1.82) is 0 Å². The number of benzene rings is 1. The molecule has 12 heteroatoms. The smallest absolute Gasteiger partial charge is 0.422 e. The van der Waals surface area contributed by atoms with E-state index in [1.54, 1.807) is 12.1 Å². The van der Waals surface area contributed by atoms with Crippen LogP contribution in [0.3, 0.4) is 0 Å². The minimum absolute atomic E-state index is 0.0134. The van der Waals surface area contributed by atoms with Crippen LogP contribution in [0.2, 0.25) is 0 Å². The molecule has 2 aromatic rings.